The molecule has 0 bridgehead atoms. The molecule has 29 heavy (non-hydrogen) atoms. The van der Waals surface area contributed by atoms with Crippen molar-refractivity contribution in [3.63, 3.8) is 0 Å². The third-order valence-electron chi connectivity index (χ3n) is 4.53. The molecule has 0 fully saturated rings. The molecule has 0 spiro atoms. The number of carbonyl (C=O) groups excluding carboxylic acids is 1. The number of nitrogens with zero attached hydrogens (tertiary/aromatic N) is 4. The number of nitriles is 1. The highest BCUT2D eigenvalue weighted by molar-refractivity contribution is 6.00. The van der Waals surface area contributed by atoms with Crippen molar-refractivity contribution in [1.29, 1.82) is 5.26 Å². The van der Waals surface area contributed by atoms with E-state index >= 15 is 0 Å². The van der Waals surface area contributed by atoms with Gasteiger partial charge in [0.2, 0.25) is 0 Å². The average Bonchev–Trinajstić information content (AvgIpc) is 3.22. The van der Waals surface area contributed by atoms with Crippen LogP contribution in [0.2, 0.25) is 0 Å². The molecule has 1 amide bonds. The molecule has 0 atom stereocenters. The van der Waals surface area contributed by atoms with Crippen molar-refractivity contribution in [3.05, 3.63) is 60.3 Å². The van der Waals surface area contributed by atoms with Crippen LogP contribution in [0.1, 0.15) is 16.8 Å². The summed E-state index contributed by atoms with van der Waals surface area (Å²) in [6, 6.07) is 17.0. The van der Waals surface area contributed by atoms with Crippen LogP contribution < -0.4 is 9.47 Å². The first-order valence-corrected chi connectivity index (χ1v) is 9.09. The van der Waals surface area contributed by atoms with E-state index in [-0.39, 0.29) is 12.3 Å². The minimum Gasteiger partial charge on any atom is -0.497 e. The van der Waals surface area contributed by atoms with Crippen LogP contribution in [0.3, 0.4) is 0 Å². The molecule has 3 aromatic rings. The second-order valence-electron chi connectivity index (χ2n) is 6.37. The SMILES string of the molecule is COc1ccc(-c2nn(-c3ccccc3)cc2C(=O)N(C)CCC#N)c(OC)c1. The summed E-state index contributed by atoms with van der Waals surface area (Å²) < 4.78 is 12.5. The summed E-state index contributed by atoms with van der Waals surface area (Å²) in [6.45, 7) is 0.338. The maximum atomic E-state index is 13.1. The van der Waals surface area contributed by atoms with Crippen LogP contribution in [-0.2, 0) is 0 Å². The molecule has 3 rings (SSSR count). The number of amides is 1. The van der Waals surface area contributed by atoms with E-state index in [0.717, 1.165) is 5.69 Å². The van der Waals surface area contributed by atoms with Crippen LogP contribution in [0.25, 0.3) is 16.9 Å². The maximum Gasteiger partial charge on any atom is 0.257 e. The van der Waals surface area contributed by atoms with E-state index in [9.17, 15) is 4.79 Å². The van der Waals surface area contributed by atoms with Crippen LogP contribution in [-0.4, -0.2) is 48.4 Å². The second kappa shape index (κ2) is 8.93. The summed E-state index contributed by atoms with van der Waals surface area (Å²) in [5, 5.41) is 13.5. The zero-order valence-corrected chi connectivity index (χ0v) is 16.6. The van der Waals surface area contributed by atoms with Crippen molar-refractivity contribution in [2.45, 2.75) is 6.42 Å². The Kier molecular flexibility index (Phi) is 6.15. The summed E-state index contributed by atoms with van der Waals surface area (Å²) in [4.78, 5) is 14.6. The standard InChI is InChI=1S/C22H22N4O3/c1-25(13-7-12-23)22(27)19-15-26(16-8-5-4-6-9-16)24-21(19)18-11-10-17(28-2)14-20(18)29-3/h4-6,8-11,14-15H,7,13H2,1-3H3. The highest BCUT2D eigenvalue weighted by Gasteiger charge is 2.23. The van der Waals surface area contributed by atoms with E-state index in [4.69, 9.17) is 14.7 Å². The second-order valence-corrected chi connectivity index (χ2v) is 6.37. The number of hydrogen-bond donors (Lipinski definition) is 0. The lowest BCUT2D eigenvalue weighted by Crippen LogP contribution is -2.27. The molecule has 0 aliphatic heterocycles. The molecule has 0 saturated heterocycles. The predicted octanol–water partition coefficient (Wildman–Crippen LogP) is 3.54. The lowest BCUT2D eigenvalue weighted by atomic mass is 10.1. The Morgan fingerprint density at radius 3 is 2.59 bits per heavy atom. The van der Waals surface area contributed by atoms with Gasteiger partial charge in [0, 0.05) is 31.4 Å². The smallest absolute Gasteiger partial charge is 0.257 e. The summed E-state index contributed by atoms with van der Waals surface area (Å²) in [6.07, 6.45) is 1.97. The zero-order chi connectivity index (χ0) is 20.8. The number of methoxy groups -OCH3 is 2. The molecule has 2 aromatic carbocycles. The fourth-order valence-electron chi connectivity index (χ4n) is 2.96. The first kappa shape index (κ1) is 20.0. The van der Waals surface area contributed by atoms with Crippen molar-refractivity contribution < 1.29 is 14.3 Å². The van der Waals surface area contributed by atoms with Gasteiger partial charge in [-0.3, -0.25) is 4.79 Å². The third kappa shape index (κ3) is 4.22. The van der Waals surface area contributed by atoms with Crippen LogP contribution in [0.5, 0.6) is 11.5 Å². The van der Waals surface area contributed by atoms with E-state index in [0.29, 0.717) is 34.9 Å². The summed E-state index contributed by atoms with van der Waals surface area (Å²) >= 11 is 0. The summed E-state index contributed by atoms with van der Waals surface area (Å²) in [5.74, 6) is 0.985. The van der Waals surface area contributed by atoms with Gasteiger partial charge in [-0.2, -0.15) is 10.4 Å². The number of benzene rings is 2. The molecule has 1 heterocycles. The Hall–Kier alpha value is -3.79. The molecule has 7 nitrogen and oxygen atoms in total. The molecule has 0 saturated carbocycles. The van der Waals surface area contributed by atoms with Crippen molar-refractivity contribution in [1.82, 2.24) is 14.7 Å². The van der Waals surface area contributed by atoms with Crippen molar-refractivity contribution in [2.24, 2.45) is 0 Å². The fraction of sp³-hybridized carbons (Fsp3) is 0.227. The molecule has 148 valence electrons. The molecular weight excluding hydrogens is 368 g/mol. The van der Waals surface area contributed by atoms with Gasteiger partial charge in [0.1, 0.15) is 17.2 Å². The molecule has 0 unspecified atom stereocenters. The minimum atomic E-state index is -0.213. The average molecular weight is 390 g/mol. The van der Waals surface area contributed by atoms with Gasteiger partial charge in [-0.25, -0.2) is 4.68 Å². The normalized spacial score (nSPS) is 10.3. The molecule has 7 heteroatoms. The Morgan fingerprint density at radius 1 is 1.17 bits per heavy atom. The quantitative estimate of drug-likeness (QED) is 0.616. The van der Waals surface area contributed by atoms with E-state index in [1.165, 1.54) is 4.90 Å². The van der Waals surface area contributed by atoms with Gasteiger partial charge in [0.15, 0.2) is 0 Å². The van der Waals surface area contributed by atoms with Crippen LogP contribution in [0.4, 0.5) is 0 Å². The van der Waals surface area contributed by atoms with Gasteiger partial charge in [-0.1, -0.05) is 18.2 Å². The molecule has 0 radical (unpaired) electrons. The minimum absolute atomic E-state index is 0.213. The van der Waals surface area contributed by atoms with Crippen molar-refractivity contribution in [3.8, 4) is 34.5 Å². The number of para-hydroxylation sites is 1. The van der Waals surface area contributed by atoms with Gasteiger partial charge in [0.25, 0.3) is 5.91 Å². The zero-order valence-electron chi connectivity index (χ0n) is 16.6. The molecule has 0 N–H and O–H groups in total. The first-order chi connectivity index (χ1) is 14.1. The first-order valence-electron chi connectivity index (χ1n) is 9.09. The molecule has 0 aliphatic carbocycles. The Bertz CT molecular complexity index is 1040. The van der Waals surface area contributed by atoms with E-state index in [1.54, 1.807) is 44.3 Å². The van der Waals surface area contributed by atoms with Gasteiger partial charge in [-0.05, 0) is 24.3 Å². The number of hydrogen-bond acceptors (Lipinski definition) is 5. The Balaban J connectivity index is 2.13. The summed E-state index contributed by atoms with van der Waals surface area (Å²) in [5.41, 5.74) is 2.44. The number of aromatic nitrogens is 2. The number of ether oxygens (including phenoxy) is 2. The lowest BCUT2D eigenvalue weighted by molar-refractivity contribution is 0.0798. The fourth-order valence-corrected chi connectivity index (χ4v) is 2.96. The topological polar surface area (TPSA) is 80.4 Å². The van der Waals surface area contributed by atoms with Gasteiger partial charge >= 0.3 is 0 Å². The summed E-state index contributed by atoms with van der Waals surface area (Å²) in [7, 11) is 4.82. The maximum absolute atomic E-state index is 13.1. The molecular formula is C22H22N4O3. The monoisotopic (exact) mass is 390 g/mol. The van der Waals surface area contributed by atoms with E-state index in [1.807, 2.05) is 36.4 Å². The van der Waals surface area contributed by atoms with E-state index in [2.05, 4.69) is 11.2 Å². The number of rotatable bonds is 7. The van der Waals surface area contributed by atoms with Gasteiger partial charge < -0.3 is 14.4 Å². The van der Waals surface area contributed by atoms with Crippen molar-refractivity contribution >= 4 is 5.91 Å². The van der Waals surface area contributed by atoms with E-state index < -0.39 is 0 Å². The van der Waals surface area contributed by atoms with Crippen LogP contribution in [0.15, 0.2) is 54.7 Å². The van der Waals surface area contributed by atoms with Crippen molar-refractivity contribution in [2.75, 3.05) is 27.8 Å². The molecule has 0 aliphatic rings. The molecule has 1 aromatic heterocycles. The third-order valence-corrected chi connectivity index (χ3v) is 4.53. The predicted molar refractivity (Wildman–Crippen MR) is 109 cm³/mol. The van der Waals surface area contributed by atoms with Gasteiger partial charge in [0.05, 0.1) is 38.0 Å². The highest BCUT2D eigenvalue weighted by Crippen LogP contribution is 2.35. The van der Waals surface area contributed by atoms with Gasteiger partial charge in [-0.15, -0.1) is 0 Å². The highest BCUT2D eigenvalue weighted by atomic mass is 16.5. The van der Waals surface area contributed by atoms with Crippen LogP contribution >= 0.6 is 0 Å². The van der Waals surface area contributed by atoms with Crippen LogP contribution in [0, 0.1) is 11.3 Å². The number of carbonyl (C=O) groups is 1. The Labute approximate surface area is 169 Å². The lowest BCUT2D eigenvalue weighted by Gasteiger charge is -2.16. The Morgan fingerprint density at radius 2 is 1.93 bits per heavy atom. The largest absolute Gasteiger partial charge is 0.497 e.